The summed E-state index contributed by atoms with van der Waals surface area (Å²) in [5.74, 6) is 0.771. The number of hydrogen-bond donors (Lipinski definition) is 0. The molecular formula is C35H49N3O5. The standard InChI is InChI=1S/C35H49N3O5/c1-37(2)31(20-17-27-11-7-5-8-12-27)30-18-15-29(16-19-30)25-32-35(43-34(40)42-4,23-21-33(39)41-3)36-26-38(32)24-22-28-13-9-6-10-14-28/h5-14,26,29-32H,15-25H2,1-4H3. The lowest BCUT2D eigenvalue weighted by molar-refractivity contribution is -0.143. The number of benzene rings is 2. The van der Waals surface area contributed by atoms with Crippen molar-refractivity contribution in [3.05, 3.63) is 71.8 Å². The van der Waals surface area contributed by atoms with Gasteiger partial charge in [0.25, 0.3) is 0 Å². The zero-order valence-corrected chi connectivity index (χ0v) is 26.3. The maximum Gasteiger partial charge on any atom is 0.510 e. The van der Waals surface area contributed by atoms with E-state index in [-0.39, 0.29) is 24.9 Å². The number of methoxy groups -OCH3 is 2. The van der Waals surface area contributed by atoms with Crippen LogP contribution in [0.2, 0.25) is 0 Å². The molecule has 2 aliphatic rings. The largest absolute Gasteiger partial charge is 0.510 e. The van der Waals surface area contributed by atoms with Crippen LogP contribution < -0.4 is 0 Å². The Morgan fingerprint density at radius 1 is 0.930 bits per heavy atom. The van der Waals surface area contributed by atoms with Gasteiger partial charge in [-0.2, -0.15) is 0 Å². The van der Waals surface area contributed by atoms with E-state index in [0.29, 0.717) is 17.9 Å². The molecule has 8 heteroatoms. The first-order chi connectivity index (χ1) is 20.8. The summed E-state index contributed by atoms with van der Waals surface area (Å²) in [6.45, 7) is 0.736. The predicted molar refractivity (Wildman–Crippen MR) is 169 cm³/mol. The van der Waals surface area contributed by atoms with Gasteiger partial charge in [-0.05, 0) is 75.6 Å². The summed E-state index contributed by atoms with van der Waals surface area (Å²) in [6.07, 6.45) is 9.87. The van der Waals surface area contributed by atoms with Crippen molar-refractivity contribution in [2.24, 2.45) is 16.8 Å². The van der Waals surface area contributed by atoms with E-state index in [1.54, 1.807) is 0 Å². The van der Waals surface area contributed by atoms with Crippen molar-refractivity contribution < 1.29 is 23.8 Å². The molecule has 0 N–H and O–H groups in total. The Bertz CT molecular complexity index is 1170. The number of carbonyl (C=O) groups is 2. The molecule has 1 aliphatic carbocycles. The first kappa shape index (κ1) is 32.5. The summed E-state index contributed by atoms with van der Waals surface area (Å²) in [6, 6.07) is 21.5. The molecule has 1 heterocycles. The van der Waals surface area contributed by atoms with Crippen molar-refractivity contribution in [1.29, 1.82) is 0 Å². The Morgan fingerprint density at radius 3 is 2.14 bits per heavy atom. The molecule has 1 fully saturated rings. The van der Waals surface area contributed by atoms with Gasteiger partial charge in [-0.25, -0.2) is 9.79 Å². The molecule has 1 aliphatic heterocycles. The highest BCUT2D eigenvalue weighted by molar-refractivity contribution is 5.70. The number of hydrogen-bond acceptors (Lipinski definition) is 8. The highest BCUT2D eigenvalue weighted by atomic mass is 16.7. The second kappa shape index (κ2) is 15.9. The molecule has 0 saturated heterocycles. The van der Waals surface area contributed by atoms with Crippen molar-refractivity contribution in [3.63, 3.8) is 0 Å². The van der Waals surface area contributed by atoms with Gasteiger partial charge in [0.15, 0.2) is 0 Å². The molecule has 4 rings (SSSR count). The Hall–Kier alpha value is -3.39. The van der Waals surface area contributed by atoms with Gasteiger partial charge in [-0.15, -0.1) is 0 Å². The van der Waals surface area contributed by atoms with Gasteiger partial charge in [0, 0.05) is 19.0 Å². The summed E-state index contributed by atoms with van der Waals surface area (Å²) >= 11 is 0. The summed E-state index contributed by atoms with van der Waals surface area (Å²) < 4.78 is 15.8. The van der Waals surface area contributed by atoms with Crippen molar-refractivity contribution in [2.45, 2.75) is 82.0 Å². The van der Waals surface area contributed by atoms with Gasteiger partial charge in [-0.1, -0.05) is 73.5 Å². The fourth-order valence-electron chi connectivity index (χ4n) is 6.98. The van der Waals surface area contributed by atoms with Crippen LogP contribution in [0.3, 0.4) is 0 Å². The summed E-state index contributed by atoms with van der Waals surface area (Å²) in [7, 11) is 7.10. The van der Waals surface area contributed by atoms with Gasteiger partial charge in [0.1, 0.15) is 0 Å². The zero-order chi connectivity index (χ0) is 30.7. The molecule has 2 aromatic carbocycles. The maximum atomic E-state index is 12.5. The fraction of sp³-hybridized carbons (Fsp3) is 0.571. The van der Waals surface area contributed by atoms with Crippen LogP contribution in [0.1, 0.15) is 62.5 Å². The number of carbonyl (C=O) groups excluding carboxylic acids is 2. The smallest absolute Gasteiger partial charge is 0.469 e. The number of aliphatic imine (C=N–C) groups is 1. The third-order valence-electron chi connectivity index (χ3n) is 9.42. The first-order valence-corrected chi connectivity index (χ1v) is 15.7. The average molecular weight is 592 g/mol. The number of esters is 1. The highest BCUT2D eigenvalue weighted by Gasteiger charge is 2.50. The third-order valence-corrected chi connectivity index (χ3v) is 9.42. The second-order valence-corrected chi connectivity index (χ2v) is 12.3. The lowest BCUT2D eigenvalue weighted by Gasteiger charge is -2.41. The molecule has 0 radical (unpaired) electrons. The zero-order valence-electron chi connectivity index (χ0n) is 26.3. The Balaban J connectivity index is 1.46. The number of aryl methyl sites for hydroxylation is 1. The topological polar surface area (TPSA) is 80.7 Å². The van der Waals surface area contributed by atoms with Crippen molar-refractivity contribution in [3.8, 4) is 0 Å². The molecule has 1 saturated carbocycles. The van der Waals surface area contributed by atoms with E-state index in [1.165, 1.54) is 38.2 Å². The second-order valence-electron chi connectivity index (χ2n) is 12.3. The van der Waals surface area contributed by atoms with Gasteiger partial charge >= 0.3 is 12.1 Å². The molecule has 0 aromatic heterocycles. The minimum atomic E-state index is -1.20. The van der Waals surface area contributed by atoms with Crippen LogP contribution in [0.4, 0.5) is 4.79 Å². The van der Waals surface area contributed by atoms with Gasteiger partial charge < -0.3 is 24.0 Å². The van der Waals surface area contributed by atoms with Crippen LogP contribution in [0.25, 0.3) is 0 Å². The summed E-state index contributed by atoms with van der Waals surface area (Å²) in [4.78, 5) is 34.1. The molecule has 0 bridgehead atoms. The van der Waals surface area contributed by atoms with E-state index in [1.807, 2.05) is 24.5 Å². The maximum absolute atomic E-state index is 12.5. The summed E-state index contributed by atoms with van der Waals surface area (Å²) in [5.41, 5.74) is 1.44. The van der Waals surface area contributed by atoms with Crippen LogP contribution in [0.5, 0.6) is 0 Å². The first-order valence-electron chi connectivity index (χ1n) is 15.7. The van der Waals surface area contributed by atoms with E-state index >= 15 is 0 Å². The minimum Gasteiger partial charge on any atom is -0.469 e. The Labute approximate surface area is 257 Å². The quantitative estimate of drug-likeness (QED) is 0.244. The molecule has 2 aromatic rings. The van der Waals surface area contributed by atoms with E-state index in [4.69, 9.17) is 19.2 Å². The SMILES string of the molecule is COC(=O)CCC1(OC(=O)OC)N=CN(CCc2ccccc2)C1CC1CCC(C(CCc2ccccc2)N(C)C)CC1. The van der Waals surface area contributed by atoms with Gasteiger partial charge in [0.2, 0.25) is 5.72 Å². The van der Waals surface area contributed by atoms with Gasteiger partial charge in [-0.3, -0.25) is 4.79 Å². The molecule has 8 nitrogen and oxygen atoms in total. The lowest BCUT2D eigenvalue weighted by Crippen LogP contribution is -2.50. The fourth-order valence-corrected chi connectivity index (χ4v) is 6.98. The molecule has 3 unspecified atom stereocenters. The Kier molecular flexibility index (Phi) is 12.0. The number of rotatable bonds is 14. The Morgan fingerprint density at radius 2 is 1.56 bits per heavy atom. The molecule has 43 heavy (non-hydrogen) atoms. The van der Waals surface area contributed by atoms with E-state index < -0.39 is 11.9 Å². The van der Waals surface area contributed by atoms with Crippen LogP contribution in [-0.4, -0.2) is 80.9 Å². The minimum absolute atomic E-state index is 0.104. The van der Waals surface area contributed by atoms with E-state index in [0.717, 1.165) is 45.1 Å². The molecule has 3 atom stereocenters. The summed E-state index contributed by atoms with van der Waals surface area (Å²) in [5, 5.41) is 0. The van der Waals surface area contributed by atoms with E-state index in [2.05, 4.69) is 66.4 Å². The van der Waals surface area contributed by atoms with E-state index in [9.17, 15) is 9.59 Å². The molecule has 0 spiro atoms. The van der Waals surface area contributed by atoms with Crippen molar-refractivity contribution >= 4 is 18.5 Å². The molecular weight excluding hydrogens is 542 g/mol. The van der Waals surface area contributed by atoms with Crippen LogP contribution >= 0.6 is 0 Å². The number of nitrogens with zero attached hydrogens (tertiary/aromatic N) is 3. The number of ether oxygens (including phenoxy) is 3. The van der Waals surface area contributed by atoms with Crippen LogP contribution in [0, 0.1) is 11.8 Å². The monoisotopic (exact) mass is 591 g/mol. The van der Waals surface area contributed by atoms with Crippen LogP contribution in [-0.2, 0) is 31.8 Å². The molecule has 234 valence electrons. The molecule has 0 amide bonds. The average Bonchev–Trinajstić information content (AvgIpc) is 3.36. The lowest BCUT2D eigenvalue weighted by atomic mass is 9.74. The predicted octanol–water partition coefficient (Wildman–Crippen LogP) is 6.13. The van der Waals surface area contributed by atoms with Crippen molar-refractivity contribution in [1.82, 2.24) is 9.80 Å². The van der Waals surface area contributed by atoms with Gasteiger partial charge in [0.05, 0.1) is 33.0 Å². The highest BCUT2D eigenvalue weighted by Crippen LogP contribution is 2.41. The van der Waals surface area contributed by atoms with Crippen LogP contribution in [0.15, 0.2) is 65.7 Å². The third kappa shape index (κ3) is 9.05. The normalized spacial score (nSPS) is 24.1. The van der Waals surface area contributed by atoms with Crippen molar-refractivity contribution in [2.75, 3.05) is 34.9 Å².